The van der Waals surface area contributed by atoms with Gasteiger partial charge in [-0.1, -0.05) is 196 Å². The Hall–Kier alpha value is -3.41. The fourth-order valence-corrected chi connectivity index (χ4v) is 6.46. The van der Waals surface area contributed by atoms with Gasteiger partial charge in [-0.2, -0.15) is 0 Å². The second-order valence-corrected chi connectivity index (χ2v) is 16.1. The third-order valence-corrected chi connectivity index (χ3v) is 10.2. The zero-order valence-electron chi connectivity index (χ0n) is 38.9. The van der Waals surface area contributed by atoms with Crippen molar-refractivity contribution in [2.75, 3.05) is 13.2 Å². The highest BCUT2D eigenvalue weighted by atomic mass is 16.6. The summed E-state index contributed by atoms with van der Waals surface area (Å²) in [6, 6.07) is 0. The van der Waals surface area contributed by atoms with Crippen LogP contribution in [0.1, 0.15) is 220 Å². The summed E-state index contributed by atoms with van der Waals surface area (Å²) in [5.74, 6) is -0.944. The van der Waals surface area contributed by atoms with Crippen molar-refractivity contribution in [3.63, 3.8) is 0 Å². The van der Waals surface area contributed by atoms with Crippen LogP contribution < -0.4 is 0 Å². The van der Waals surface area contributed by atoms with Crippen LogP contribution in [0.3, 0.4) is 0 Å². The number of unbranched alkanes of at least 4 members (excludes halogenated alkanes) is 21. The first kappa shape index (κ1) is 56.6. The second-order valence-electron chi connectivity index (χ2n) is 16.1. The Morgan fingerprint density at radius 3 is 1.22 bits per heavy atom. The van der Waals surface area contributed by atoms with Gasteiger partial charge in [0.2, 0.25) is 0 Å². The summed E-state index contributed by atoms with van der Waals surface area (Å²) in [4.78, 5) is 37.9. The minimum Gasteiger partial charge on any atom is -0.462 e. The number of hydrogen-bond donors (Lipinski definition) is 0. The highest BCUT2D eigenvalue weighted by molar-refractivity contribution is 5.71. The summed E-state index contributed by atoms with van der Waals surface area (Å²) < 4.78 is 16.7. The minimum absolute atomic E-state index is 0.0950. The Morgan fingerprint density at radius 1 is 0.367 bits per heavy atom. The standard InChI is InChI=1S/C54H90O6/c1-4-7-10-13-16-19-22-24-26-27-29-30-32-35-38-41-44-47-53(56)59-50-51(49-58-52(55)46-43-40-37-34-21-18-15-12-9-6-3)60-54(57)48-45-42-39-36-33-31-28-25-23-20-17-14-11-8-5-2/h8,11,14-20,23-26,28,51H,4-7,9-10,12-13,21-22,27,29-50H2,1-3H3/b11-8-,17-14-,18-15-,19-16-,23-20-,26-24-,28-25-. The van der Waals surface area contributed by atoms with E-state index in [-0.39, 0.29) is 31.1 Å². The molecule has 6 heteroatoms. The molecule has 0 aliphatic carbocycles. The molecule has 60 heavy (non-hydrogen) atoms. The van der Waals surface area contributed by atoms with Gasteiger partial charge in [-0.25, -0.2) is 0 Å². The Kier molecular flexibility index (Phi) is 45.5. The number of rotatable bonds is 43. The van der Waals surface area contributed by atoms with Crippen LogP contribution in [0, 0.1) is 0 Å². The van der Waals surface area contributed by atoms with E-state index in [4.69, 9.17) is 14.2 Å². The fraction of sp³-hybridized carbons (Fsp3) is 0.685. The Morgan fingerprint density at radius 2 is 0.733 bits per heavy atom. The molecule has 0 N–H and O–H groups in total. The topological polar surface area (TPSA) is 78.9 Å². The summed E-state index contributed by atoms with van der Waals surface area (Å²) in [5, 5.41) is 0. The highest BCUT2D eigenvalue weighted by Gasteiger charge is 2.19. The largest absolute Gasteiger partial charge is 0.462 e. The lowest BCUT2D eigenvalue weighted by Crippen LogP contribution is -2.30. The molecule has 0 aromatic heterocycles. The van der Waals surface area contributed by atoms with Crippen LogP contribution in [-0.4, -0.2) is 37.2 Å². The molecule has 6 nitrogen and oxygen atoms in total. The molecule has 0 saturated carbocycles. The molecular formula is C54H90O6. The van der Waals surface area contributed by atoms with E-state index in [2.05, 4.69) is 81.5 Å². The van der Waals surface area contributed by atoms with Gasteiger partial charge in [0.25, 0.3) is 0 Å². The van der Waals surface area contributed by atoms with Gasteiger partial charge in [0, 0.05) is 19.3 Å². The van der Waals surface area contributed by atoms with Gasteiger partial charge in [-0.3, -0.25) is 14.4 Å². The summed E-state index contributed by atoms with van der Waals surface area (Å²) in [5.41, 5.74) is 0. The van der Waals surface area contributed by atoms with E-state index in [0.717, 1.165) is 116 Å². The van der Waals surface area contributed by atoms with Crippen molar-refractivity contribution in [1.29, 1.82) is 0 Å². The van der Waals surface area contributed by atoms with Crippen LogP contribution in [0.5, 0.6) is 0 Å². The van der Waals surface area contributed by atoms with Gasteiger partial charge in [0.1, 0.15) is 13.2 Å². The summed E-state index contributed by atoms with van der Waals surface area (Å²) in [6.45, 7) is 6.38. The highest BCUT2D eigenvalue weighted by Crippen LogP contribution is 2.13. The Bertz CT molecular complexity index is 1190. The lowest BCUT2D eigenvalue weighted by molar-refractivity contribution is -0.167. The normalized spacial score (nSPS) is 12.8. The third kappa shape index (κ3) is 45.7. The van der Waals surface area contributed by atoms with E-state index in [1.54, 1.807) is 0 Å². The van der Waals surface area contributed by atoms with Crippen molar-refractivity contribution in [2.45, 2.75) is 226 Å². The average Bonchev–Trinajstić information content (AvgIpc) is 3.24. The summed E-state index contributed by atoms with van der Waals surface area (Å²) >= 11 is 0. The van der Waals surface area contributed by atoms with Gasteiger partial charge in [-0.15, -0.1) is 0 Å². The van der Waals surface area contributed by atoms with E-state index < -0.39 is 6.10 Å². The lowest BCUT2D eigenvalue weighted by atomic mass is 10.1. The SMILES string of the molecule is CC\C=C/C=C\C=C/C=C\CCCCCCCC(=O)OC(COC(=O)CCCCCC/C=C\CCCC)COC(=O)CCCCCCCCC/C=C\C/C=C\CCCCC. The molecule has 0 saturated heterocycles. The predicted molar refractivity (Wildman–Crippen MR) is 256 cm³/mol. The van der Waals surface area contributed by atoms with E-state index in [9.17, 15) is 14.4 Å². The Labute approximate surface area is 369 Å². The molecular weight excluding hydrogens is 745 g/mol. The first-order valence-corrected chi connectivity index (χ1v) is 24.6. The smallest absolute Gasteiger partial charge is 0.306 e. The van der Waals surface area contributed by atoms with Crippen molar-refractivity contribution < 1.29 is 28.6 Å². The third-order valence-electron chi connectivity index (χ3n) is 10.2. The maximum absolute atomic E-state index is 12.8. The van der Waals surface area contributed by atoms with E-state index >= 15 is 0 Å². The van der Waals surface area contributed by atoms with E-state index in [1.807, 2.05) is 24.3 Å². The minimum atomic E-state index is -0.795. The second kappa shape index (κ2) is 48.3. The maximum Gasteiger partial charge on any atom is 0.306 e. The first-order valence-electron chi connectivity index (χ1n) is 24.6. The molecule has 1 unspecified atom stereocenters. The molecule has 0 amide bonds. The molecule has 0 fully saturated rings. The number of allylic oxidation sites excluding steroid dienone is 14. The van der Waals surface area contributed by atoms with Crippen molar-refractivity contribution in [3.05, 3.63) is 85.1 Å². The zero-order chi connectivity index (χ0) is 43.7. The molecule has 0 heterocycles. The first-order chi connectivity index (χ1) is 29.5. The predicted octanol–water partition coefficient (Wildman–Crippen LogP) is 16.0. The molecule has 0 bridgehead atoms. The van der Waals surface area contributed by atoms with Crippen LogP contribution in [0.25, 0.3) is 0 Å². The summed E-state index contributed by atoms with van der Waals surface area (Å²) in [7, 11) is 0. The molecule has 342 valence electrons. The van der Waals surface area contributed by atoms with Crippen molar-refractivity contribution >= 4 is 17.9 Å². The number of carbonyl (C=O) groups excluding carboxylic acids is 3. The van der Waals surface area contributed by atoms with Gasteiger partial charge in [0.15, 0.2) is 6.10 Å². The molecule has 0 aromatic carbocycles. The zero-order valence-corrected chi connectivity index (χ0v) is 38.9. The summed E-state index contributed by atoms with van der Waals surface area (Å²) in [6.07, 6.45) is 61.3. The van der Waals surface area contributed by atoms with E-state index in [1.165, 1.54) is 64.2 Å². The average molecular weight is 835 g/mol. The Balaban J connectivity index is 4.42. The number of carbonyl (C=O) groups is 3. The number of ether oxygens (including phenoxy) is 3. The van der Waals surface area contributed by atoms with Crippen molar-refractivity contribution in [3.8, 4) is 0 Å². The quantitative estimate of drug-likeness (QED) is 0.0200. The van der Waals surface area contributed by atoms with Crippen LogP contribution in [0.15, 0.2) is 85.1 Å². The van der Waals surface area contributed by atoms with Crippen LogP contribution in [-0.2, 0) is 28.6 Å². The molecule has 0 spiro atoms. The van der Waals surface area contributed by atoms with Crippen molar-refractivity contribution in [2.24, 2.45) is 0 Å². The van der Waals surface area contributed by atoms with Gasteiger partial charge < -0.3 is 14.2 Å². The molecule has 0 aromatic rings. The fourth-order valence-electron chi connectivity index (χ4n) is 6.46. The monoisotopic (exact) mass is 835 g/mol. The van der Waals surface area contributed by atoms with Gasteiger partial charge >= 0.3 is 17.9 Å². The van der Waals surface area contributed by atoms with Gasteiger partial charge in [-0.05, 0) is 89.9 Å². The van der Waals surface area contributed by atoms with Crippen LogP contribution >= 0.6 is 0 Å². The number of hydrogen-bond acceptors (Lipinski definition) is 6. The van der Waals surface area contributed by atoms with Crippen molar-refractivity contribution in [1.82, 2.24) is 0 Å². The van der Waals surface area contributed by atoms with Crippen LogP contribution in [0.2, 0.25) is 0 Å². The lowest BCUT2D eigenvalue weighted by Gasteiger charge is -2.18. The number of esters is 3. The van der Waals surface area contributed by atoms with Crippen LogP contribution in [0.4, 0.5) is 0 Å². The molecule has 0 rings (SSSR count). The maximum atomic E-state index is 12.8. The van der Waals surface area contributed by atoms with E-state index in [0.29, 0.717) is 19.3 Å². The molecule has 0 radical (unpaired) electrons. The molecule has 0 aliphatic heterocycles. The van der Waals surface area contributed by atoms with Gasteiger partial charge in [0.05, 0.1) is 0 Å². The molecule has 0 aliphatic rings. The molecule has 1 atom stereocenters.